The summed E-state index contributed by atoms with van der Waals surface area (Å²) in [4.78, 5) is 14.7. The molecule has 0 aliphatic heterocycles. The zero-order valence-electron chi connectivity index (χ0n) is 11.1. The summed E-state index contributed by atoms with van der Waals surface area (Å²) in [5.41, 5.74) is 6.46. The van der Waals surface area contributed by atoms with Gasteiger partial charge in [-0.05, 0) is 25.5 Å². The maximum Gasteiger partial charge on any atom is 0.221 e. The largest absolute Gasteiger partial charge is 0.367 e. The first kappa shape index (κ1) is 13.8. The van der Waals surface area contributed by atoms with Gasteiger partial charge in [-0.15, -0.1) is 0 Å². The maximum absolute atomic E-state index is 11.7. The highest BCUT2D eigenvalue weighted by Gasteiger charge is 2.23. The lowest BCUT2D eigenvalue weighted by atomic mass is 9.86. The van der Waals surface area contributed by atoms with Crippen LogP contribution in [0.4, 0.5) is 0 Å². The Balaban J connectivity index is 2.48. The summed E-state index contributed by atoms with van der Waals surface area (Å²) in [6.45, 7) is 8.52. The van der Waals surface area contributed by atoms with Crippen LogP contribution in [0.25, 0.3) is 0 Å². The van der Waals surface area contributed by atoms with E-state index in [-0.39, 0.29) is 11.3 Å². The Morgan fingerprint density at radius 1 is 1.41 bits per heavy atom. The Kier molecular flexibility index (Phi) is 3.98. The number of carbonyl (C=O) groups is 1. The number of hydrogen-bond acceptors (Lipinski definition) is 2. The van der Waals surface area contributed by atoms with E-state index in [4.69, 9.17) is 5.73 Å². The van der Waals surface area contributed by atoms with E-state index < -0.39 is 5.54 Å². The minimum Gasteiger partial charge on any atom is -0.367 e. The number of rotatable bonds is 5. The number of nitrogens with two attached hydrogens (primary N) is 1. The first-order chi connectivity index (χ1) is 7.71. The smallest absolute Gasteiger partial charge is 0.221 e. The fourth-order valence-electron chi connectivity index (χ4n) is 1.64. The molecule has 0 atom stereocenters. The van der Waals surface area contributed by atoms with Crippen LogP contribution in [0.3, 0.4) is 0 Å². The molecule has 0 aliphatic rings. The highest BCUT2D eigenvalue weighted by Crippen LogP contribution is 2.21. The predicted molar refractivity (Wildman–Crippen MR) is 69.7 cm³/mol. The number of amides is 1. The third-order valence-corrected chi connectivity index (χ3v) is 2.72. The SMILES string of the molecule is CC(C)(N)CC(=O)NCC(C)(C)c1cc[nH]c1. The molecule has 1 aromatic rings. The molecule has 4 heteroatoms. The standard InChI is InChI=1S/C13H23N3O/c1-12(2,10-5-6-15-8-10)9-16-11(17)7-13(3,4)14/h5-6,8,15H,7,9,14H2,1-4H3,(H,16,17). The number of H-pyrrole nitrogens is 1. The molecule has 96 valence electrons. The minimum atomic E-state index is -0.456. The second-order valence-electron chi connectivity index (χ2n) is 5.93. The van der Waals surface area contributed by atoms with Gasteiger partial charge in [0, 0.05) is 36.3 Å². The van der Waals surface area contributed by atoms with Crippen LogP contribution in [-0.2, 0) is 10.2 Å². The predicted octanol–water partition coefficient (Wildman–Crippen LogP) is 1.54. The molecule has 0 aliphatic carbocycles. The van der Waals surface area contributed by atoms with Crippen molar-refractivity contribution in [3.8, 4) is 0 Å². The lowest BCUT2D eigenvalue weighted by Crippen LogP contribution is -2.42. The quantitative estimate of drug-likeness (QED) is 0.727. The van der Waals surface area contributed by atoms with Gasteiger partial charge in [0.15, 0.2) is 0 Å². The molecule has 0 bridgehead atoms. The Morgan fingerprint density at radius 3 is 2.53 bits per heavy atom. The van der Waals surface area contributed by atoms with Gasteiger partial charge in [-0.25, -0.2) is 0 Å². The molecule has 0 aromatic carbocycles. The van der Waals surface area contributed by atoms with Crippen LogP contribution in [0.1, 0.15) is 39.7 Å². The average Bonchev–Trinajstić information content (AvgIpc) is 2.65. The van der Waals surface area contributed by atoms with E-state index in [1.807, 2.05) is 32.3 Å². The summed E-state index contributed by atoms with van der Waals surface area (Å²) in [6.07, 6.45) is 4.19. The Hall–Kier alpha value is -1.29. The van der Waals surface area contributed by atoms with Crippen molar-refractivity contribution in [1.82, 2.24) is 10.3 Å². The van der Waals surface area contributed by atoms with Crippen molar-refractivity contribution in [2.45, 2.75) is 45.1 Å². The molecule has 0 spiro atoms. The van der Waals surface area contributed by atoms with Crippen LogP contribution in [0, 0.1) is 0 Å². The van der Waals surface area contributed by atoms with Gasteiger partial charge < -0.3 is 16.0 Å². The van der Waals surface area contributed by atoms with Crippen molar-refractivity contribution in [2.75, 3.05) is 6.54 Å². The van der Waals surface area contributed by atoms with E-state index in [0.717, 1.165) is 0 Å². The van der Waals surface area contributed by atoms with Crippen molar-refractivity contribution in [1.29, 1.82) is 0 Å². The van der Waals surface area contributed by atoms with Gasteiger partial charge in [0.1, 0.15) is 0 Å². The number of hydrogen-bond donors (Lipinski definition) is 3. The van der Waals surface area contributed by atoms with Gasteiger partial charge in [-0.3, -0.25) is 4.79 Å². The number of carbonyl (C=O) groups excluding carboxylic acids is 1. The minimum absolute atomic E-state index is 0.00103. The molecular weight excluding hydrogens is 214 g/mol. The molecule has 4 nitrogen and oxygen atoms in total. The molecule has 0 saturated heterocycles. The van der Waals surface area contributed by atoms with Crippen molar-refractivity contribution >= 4 is 5.91 Å². The highest BCUT2D eigenvalue weighted by molar-refractivity contribution is 5.77. The van der Waals surface area contributed by atoms with Gasteiger partial charge in [0.2, 0.25) is 5.91 Å². The van der Waals surface area contributed by atoms with Crippen molar-refractivity contribution in [2.24, 2.45) is 5.73 Å². The molecule has 0 fully saturated rings. The Morgan fingerprint density at radius 2 is 2.06 bits per heavy atom. The summed E-state index contributed by atoms with van der Waals surface area (Å²) >= 11 is 0. The third-order valence-electron chi connectivity index (χ3n) is 2.72. The number of aromatic amines is 1. The lowest BCUT2D eigenvalue weighted by molar-refractivity contribution is -0.122. The van der Waals surface area contributed by atoms with Gasteiger partial charge in [-0.2, -0.15) is 0 Å². The summed E-state index contributed by atoms with van der Waals surface area (Å²) in [5, 5.41) is 2.93. The van der Waals surface area contributed by atoms with Crippen molar-refractivity contribution < 1.29 is 4.79 Å². The molecule has 4 N–H and O–H groups in total. The van der Waals surface area contributed by atoms with E-state index in [9.17, 15) is 4.79 Å². The van der Waals surface area contributed by atoms with Crippen LogP contribution in [0.15, 0.2) is 18.5 Å². The first-order valence-electron chi connectivity index (χ1n) is 5.90. The van der Waals surface area contributed by atoms with Crippen LogP contribution in [-0.4, -0.2) is 23.0 Å². The number of nitrogens with one attached hydrogen (secondary N) is 2. The van der Waals surface area contributed by atoms with Gasteiger partial charge >= 0.3 is 0 Å². The lowest BCUT2D eigenvalue weighted by Gasteiger charge is -2.25. The molecule has 1 rings (SSSR count). The summed E-state index contributed by atoms with van der Waals surface area (Å²) in [6, 6.07) is 2.03. The number of aromatic nitrogens is 1. The maximum atomic E-state index is 11.7. The van der Waals surface area contributed by atoms with Crippen LogP contribution >= 0.6 is 0 Å². The summed E-state index contributed by atoms with van der Waals surface area (Å²) < 4.78 is 0. The molecule has 1 heterocycles. The second kappa shape index (κ2) is 4.92. The molecule has 1 amide bonds. The molecular formula is C13H23N3O. The molecule has 0 unspecified atom stereocenters. The highest BCUT2D eigenvalue weighted by atomic mass is 16.1. The van der Waals surface area contributed by atoms with Crippen LogP contribution in [0.2, 0.25) is 0 Å². The van der Waals surface area contributed by atoms with Gasteiger partial charge in [0.25, 0.3) is 0 Å². The second-order valence-corrected chi connectivity index (χ2v) is 5.93. The topological polar surface area (TPSA) is 70.9 Å². The van der Waals surface area contributed by atoms with E-state index in [1.165, 1.54) is 5.56 Å². The average molecular weight is 237 g/mol. The summed E-state index contributed by atoms with van der Waals surface area (Å²) in [7, 11) is 0. The van der Waals surface area contributed by atoms with Crippen LogP contribution < -0.4 is 11.1 Å². The fraction of sp³-hybridized carbons (Fsp3) is 0.615. The molecule has 17 heavy (non-hydrogen) atoms. The van der Waals surface area contributed by atoms with Gasteiger partial charge in [0.05, 0.1) is 0 Å². The molecule has 0 saturated carbocycles. The zero-order chi connectivity index (χ0) is 13.1. The van der Waals surface area contributed by atoms with Gasteiger partial charge in [-0.1, -0.05) is 13.8 Å². The monoisotopic (exact) mass is 237 g/mol. The zero-order valence-corrected chi connectivity index (χ0v) is 11.1. The van der Waals surface area contributed by atoms with Crippen molar-refractivity contribution in [3.63, 3.8) is 0 Å². The summed E-state index contributed by atoms with van der Waals surface area (Å²) in [5.74, 6) is 0.00103. The Bertz CT molecular complexity index is 361. The molecule has 0 radical (unpaired) electrons. The first-order valence-corrected chi connectivity index (χ1v) is 5.90. The van der Waals surface area contributed by atoms with E-state index in [1.54, 1.807) is 0 Å². The van der Waals surface area contributed by atoms with Crippen molar-refractivity contribution in [3.05, 3.63) is 24.0 Å². The van der Waals surface area contributed by atoms with Crippen LogP contribution in [0.5, 0.6) is 0 Å². The normalized spacial score (nSPS) is 12.5. The van der Waals surface area contributed by atoms with E-state index >= 15 is 0 Å². The fourth-order valence-corrected chi connectivity index (χ4v) is 1.64. The molecule has 1 aromatic heterocycles. The van der Waals surface area contributed by atoms with E-state index in [2.05, 4.69) is 24.1 Å². The third kappa shape index (κ3) is 4.61. The Labute approximate surface area is 103 Å². The van der Waals surface area contributed by atoms with E-state index in [0.29, 0.717) is 13.0 Å².